The van der Waals surface area contributed by atoms with E-state index in [9.17, 15) is 9.59 Å². The lowest BCUT2D eigenvalue weighted by Gasteiger charge is -2.29. The number of carbonyl (C=O) groups is 2. The number of ether oxygens (including phenoxy) is 1. The Bertz CT molecular complexity index is 770. The van der Waals surface area contributed by atoms with Crippen molar-refractivity contribution in [1.29, 1.82) is 0 Å². The minimum Gasteiger partial charge on any atom is -0.451 e. The van der Waals surface area contributed by atoms with Gasteiger partial charge >= 0.3 is 5.97 Å². The molecule has 1 aliphatic carbocycles. The van der Waals surface area contributed by atoms with Crippen LogP contribution >= 0.6 is 11.3 Å². The molecule has 0 bridgehead atoms. The molecular formula is C20H24N2O3S. The number of thiazole rings is 1. The molecule has 0 aliphatic heterocycles. The van der Waals surface area contributed by atoms with E-state index in [4.69, 9.17) is 4.74 Å². The molecule has 1 heterocycles. The Morgan fingerprint density at radius 1 is 1.23 bits per heavy atom. The second kappa shape index (κ2) is 8.45. The first-order valence-corrected chi connectivity index (χ1v) is 9.90. The van der Waals surface area contributed by atoms with Crippen LogP contribution in [0.15, 0.2) is 29.6 Å². The summed E-state index contributed by atoms with van der Waals surface area (Å²) in [5.41, 5.74) is 2.37. The number of carbonyl (C=O) groups excluding carboxylic acids is 2. The molecule has 0 spiro atoms. The smallest absolute Gasteiger partial charge is 0.358 e. The molecular weight excluding hydrogens is 348 g/mol. The number of esters is 1. The largest absolute Gasteiger partial charge is 0.451 e. The van der Waals surface area contributed by atoms with Crippen LogP contribution in [-0.2, 0) is 9.53 Å². The summed E-state index contributed by atoms with van der Waals surface area (Å²) < 4.78 is 5.13. The fourth-order valence-corrected chi connectivity index (χ4v) is 3.98. The van der Waals surface area contributed by atoms with Gasteiger partial charge in [0.2, 0.25) is 0 Å². The molecule has 1 aromatic carbocycles. The third-order valence-corrected chi connectivity index (χ3v) is 5.70. The van der Waals surface area contributed by atoms with Crippen LogP contribution < -0.4 is 5.32 Å². The number of rotatable bonds is 5. The Morgan fingerprint density at radius 2 is 1.96 bits per heavy atom. The minimum absolute atomic E-state index is 0.183. The van der Waals surface area contributed by atoms with Crippen molar-refractivity contribution in [2.45, 2.75) is 45.6 Å². The third-order valence-electron chi connectivity index (χ3n) is 4.80. The Morgan fingerprint density at radius 3 is 2.69 bits per heavy atom. The van der Waals surface area contributed by atoms with Crippen LogP contribution in [0.4, 0.5) is 0 Å². The van der Waals surface area contributed by atoms with Crippen molar-refractivity contribution in [2.24, 2.45) is 5.92 Å². The maximum Gasteiger partial charge on any atom is 0.358 e. The number of nitrogens with zero attached hydrogens (tertiary/aromatic N) is 1. The average molecular weight is 372 g/mol. The molecule has 6 heteroatoms. The zero-order valence-electron chi connectivity index (χ0n) is 15.2. The van der Waals surface area contributed by atoms with E-state index >= 15 is 0 Å². The van der Waals surface area contributed by atoms with Crippen molar-refractivity contribution in [1.82, 2.24) is 10.3 Å². The van der Waals surface area contributed by atoms with E-state index < -0.39 is 5.97 Å². The molecule has 0 saturated heterocycles. The standard InChI is InChI=1S/C20H24N2O3S/c1-13-7-9-15(10-8-13)19-22-17(12-26-19)20(24)25-11-18(23)21-16-6-4-3-5-14(16)2/h7-10,12,14,16H,3-6,11H2,1-2H3,(H,21,23)/t14-,16+/m1/s1. The molecule has 1 aromatic heterocycles. The summed E-state index contributed by atoms with van der Waals surface area (Å²) in [4.78, 5) is 28.5. The first kappa shape index (κ1) is 18.6. The van der Waals surface area contributed by atoms with Gasteiger partial charge in [-0.05, 0) is 25.7 Å². The molecule has 138 valence electrons. The van der Waals surface area contributed by atoms with E-state index in [0.29, 0.717) is 5.92 Å². The lowest BCUT2D eigenvalue weighted by Crippen LogP contribution is -2.42. The highest BCUT2D eigenvalue weighted by Gasteiger charge is 2.23. The summed E-state index contributed by atoms with van der Waals surface area (Å²) in [6.07, 6.45) is 4.48. The predicted molar refractivity (Wildman–Crippen MR) is 102 cm³/mol. The molecule has 1 N–H and O–H groups in total. The fraction of sp³-hybridized carbons (Fsp3) is 0.450. The van der Waals surface area contributed by atoms with Gasteiger partial charge < -0.3 is 10.1 Å². The Hall–Kier alpha value is -2.21. The van der Waals surface area contributed by atoms with Crippen LogP contribution in [0.5, 0.6) is 0 Å². The summed E-state index contributed by atoms with van der Waals surface area (Å²) in [6, 6.07) is 8.14. The van der Waals surface area contributed by atoms with Gasteiger partial charge in [0.1, 0.15) is 5.01 Å². The van der Waals surface area contributed by atoms with Crippen LogP contribution in [0.25, 0.3) is 10.6 Å². The van der Waals surface area contributed by atoms with Crippen LogP contribution in [0.2, 0.25) is 0 Å². The van der Waals surface area contributed by atoms with E-state index in [1.807, 2.05) is 31.2 Å². The minimum atomic E-state index is -0.563. The van der Waals surface area contributed by atoms with Gasteiger partial charge in [-0.2, -0.15) is 0 Å². The van der Waals surface area contributed by atoms with Crippen molar-refractivity contribution < 1.29 is 14.3 Å². The quantitative estimate of drug-likeness (QED) is 0.807. The number of nitrogens with one attached hydrogen (secondary N) is 1. The molecule has 2 aromatic rings. The molecule has 0 unspecified atom stereocenters. The second-order valence-electron chi connectivity index (χ2n) is 6.92. The van der Waals surface area contributed by atoms with Crippen LogP contribution in [0, 0.1) is 12.8 Å². The van der Waals surface area contributed by atoms with Gasteiger partial charge in [-0.25, -0.2) is 9.78 Å². The Labute approximate surface area is 157 Å². The first-order valence-electron chi connectivity index (χ1n) is 9.02. The fourth-order valence-electron chi connectivity index (χ4n) is 3.18. The van der Waals surface area contributed by atoms with E-state index in [0.717, 1.165) is 29.8 Å². The molecule has 5 nitrogen and oxygen atoms in total. The van der Waals surface area contributed by atoms with Gasteiger partial charge in [0.15, 0.2) is 12.3 Å². The molecule has 0 radical (unpaired) electrons. The van der Waals surface area contributed by atoms with E-state index in [-0.39, 0.29) is 24.2 Å². The maximum atomic E-state index is 12.1. The summed E-state index contributed by atoms with van der Waals surface area (Å²) in [5, 5.41) is 5.40. The molecule has 1 aliphatic rings. The molecule has 1 fully saturated rings. The average Bonchev–Trinajstić information content (AvgIpc) is 3.12. The van der Waals surface area contributed by atoms with Gasteiger partial charge in [-0.1, -0.05) is 49.6 Å². The summed E-state index contributed by atoms with van der Waals surface area (Å²) in [7, 11) is 0. The van der Waals surface area contributed by atoms with Gasteiger partial charge in [0.05, 0.1) is 0 Å². The summed E-state index contributed by atoms with van der Waals surface area (Å²) in [5.74, 6) is -0.337. The van der Waals surface area contributed by atoms with E-state index in [1.165, 1.54) is 23.3 Å². The van der Waals surface area contributed by atoms with Gasteiger partial charge in [-0.3, -0.25) is 4.79 Å². The summed E-state index contributed by atoms with van der Waals surface area (Å²) in [6.45, 7) is 3.91. The topological polar surface area (TPSA) is 68.3 Å². The van der Waals surface area contributed by atoms with Crippen molar-refractivity contribution >= 4 is 23.2 Å². The third kappa shape index (κ3) is 4.69. The number of aryl methyl sites for hydroxylation is 1. The zero-order chi connectivity index (χ0) is 18.5. The van der Waals surface area contributed by atoms with Gasteiger partial charge in [-0.15, -0.1) is 11.3 Å². The molecule has 1 amide bonds. The van der Waals surface area contributed by atoms with Crippen molar-refractivity contribution in [3.05, 3.63) is 40.9 Å². The number of amides is 1. The van der Waals surface area contributed by atoms with Crippen LogP contribution in [0.1, 0.15) is 48.7 Å². The highest BCUT2D eigenvalue weighted by molar-refractivity contribution is 7.13. The number of hydrogen-bond donors (Lipinski definition) is 1. The summed E-state index contributed by atoms with van der Waals surface area (Å²) >= 11 is 1.39. The van der Waals surface area contributed by atoms with Gasteiger partial charge in [0.25, 0.3) is 5.91 Å². The van der Waals surface area contributed by atoms with E-state index in [2.05, 4.69) is 17.2 Å². The lowest BCUT2D eigenvalue weighted by molar-refractivity contribution is -0.125. The highest BCUT2D eigenvalue weighted by atomic mass is 32.1. The molecule has 2 atom stereocenters. The maximum absolute atomic E-state index is 12.1. The monoisotopic (exact) mass is 372 g/mol. The zero-order valence-corrected chi connectivity index (χ0v) is 16.0. The highest BCUT2D eigenvalue weighted by Crippen LogP contribution is 2.25. The van der Waals surface area contributed by atoms with Crippen molar-refractivity contribution in [3.63, 3.8) is 0 Å². The second-order valence-corrected chi connectivity index (χ2v) is 7.77. The predicted octanol–water partition coefficient (Wildman–Crippen LogP) is 3.97. The van der Waals surface area contributed by atoms with Crippen molar-refractivity contribution in [2.75, 3.05) is 6.61 Å². The Kier molecular flexibility index (Phi) is 6.04. The Balaban J connectivity index is 1.52. The molecule has 26 heavy (non-hydrogen) atoms. The van der Waals surface area contributed by atoms with Crippen LogP contribution in [0.3, 0.4) is 0 Å². The SMILES string of the molecule is Cc1ccc(-c2nc(C(=O)OCC(=O)N[C@H]3CCCC[C@H]3C)cs2)cc1. The lowest BCUT2D eigenvalue weighted by atomic mass is 9.86. The molecule has 3 rings (SSSR count). The molecule has 1 saturated carbocycles. The van der Waals surface area contributed by atoms with Crippen LogP contribution in [-0.4, -0.2) is 29.5 Å². The number of hydrogen-bond acceptors (Lipinski definition) is 5. The van der Waals surface area contributed by atoms with Crippen molar-refractivity contribution in [3.8, 4) is 10.6 Å². The number of aromatic nitrogens is 1. The van der Waals surface area contributed by atoms with Gasteiger partial charge in [0, 0.05) is 17.0 Å². The van der Waals surface area contributed by atoms with E-state index in [1.54, 1.807) is 5.38 Å². The first-order chi connectivity index (χ1) is 12.5. The normalized spacial score (nSPS) is 19.8. The number of benzene rings is 1.